The zero-order valence-electron chi connectivity index (χ0n) is 26.0. The van der Waals surface area contributed by atoms with Crippen molar-refractivity contribution in [2.24, 2.45) is 0 Å². The van der Waals surface area contributed by atoms with Gasteiger partial charge in [-0.3, -0.25) is 0 Å². The normalized spacial score (nSPS) is 18.7. The van der Waals surface area contributed by atoms with Crippen molar-refractivity contribution in [1.82, 2.24) is 15.3 Å². The van der Waals surface area contributed by atoms with Crippen molar-refractivity contribution < 1.29 is 23.1 Å². The summed E-state index contributed by atoms with van der Waals surface area (Å²) in [5.41, 5.74) is 10.2. The highest BCUT2D eigenvalue weighted by Gasteiger charge is 2.38. The molecule has 2 aromatic carbocycles. The molecule has 2 aliphatic rings. The Morgan fingerprint density at radius 3 is 2.30 bits per heavy atom. The number of alkyl halides is 3. The number of carboxylic acid groups (broad SMARTS) is 1. The van der Waals surface area contributed by atoms with Gasteiger partial charge in [-0.25, -0.2) is 14.8 Å². The lowest BCUT2D eigenvalue weighted by atomic mass is 9.97. The van der Waals surface area contributed by atoms with E-state index in [-0.39, 0.29) is 0 Å². The van der Waals surface area contributed by atoms with Gasteiger partial charge in [0.25, 0.3) is 0 Å². The Morgan fingerprint density at radius 2 is 1.70 bits per heavy atom. The molecule has 2 aliphatic heterocycles. The number of nitrogens with zero attached hydrogens (tertiary/aromatic N) is 4. The molecular weight excluding hydrogens is 555 g/mol. The van der Waals surface area contributed by atoms with Crippen molar-refractivity contribution in [3.05, 3.63) is 69.9 Å². The zero-order valence-corrected chi connectivity index (χ0v) is 26.0. The number of hydrogen-bond donors (Lipinski definition) is 2. The summed E-state index contributed by atoms with van der Waals surface area (Å²) in [4.78, 5) is 24.5. The summed E-state index contributed by atoms with van der Waals surface area (Å²) in [6.07, 6.45) is -4.15. The topological polar surface area (TPSA) is 81.6 Å². The first kappa shape index (κ1) is 32.3. The van der Waals surface area contributed by atoms with E-state index in [0.29, 0.717) is 18.0 Å². The second-order valence-electron chi connectivity index (χ2n) is 12.0. The quantitative estimate of drug-likeness (QED) is 0.352. The van der Waals surface area contributed by atoms with Crippen molar-refractivity contribution in [2.75, 3.05) is 29.4 Å². The van der Waals surface area contributed by atoms with Crippen molar-refractivity contribution in [3.63, 3.8) is 0 Å². The number of carboxylic acids is 1. The Morgan fingerprint density at radius 1 is 1.05 bits per heavy atom. The largest absolute Gasteiger partial charge is 0.490 e. The Labute approximate surface area is 252 Å². The number of piperazine rings is 1. The monoisotopic (exact) mass is 597 g/mol. The summed E-state index contributed by atoms with van der Waals surface area (Å²) in [5.74, 6) is -0.235. The molecule has 0 spiro atoms. The maximum atomic E-state index is 10.6. The highest BCUT2D eigenvalue weighted by atomic mass is 19.4. The molecule has 3 heterocycles. The fourth-order valence-electron chi connectivity index (χ4n) is 5.76. The van der Waals surface area contributed by atoms with Gasteiger partial charge < -0.3 is 20.2 Å². The molecule has 2 N–H and O–H groups in total. The standard InChI is InChI=1S/C31H41N5.C2HF3O2/c1-19(2)25-12-11-20(3)28(15-25)35-14-13-27-26(18-35)31(36-17-23(6)32-16-24(36)7)34-30(33-27)29-21(4)9-8-10-22(29)5;3-2(4,5)1(6)7/h8-12,15,19,23-24,32H,13-14,16-18H2,1-7H3;(H,6,7)/t23-,24+;/m1./s1. The number of anilines is 2. The van der Waals surface area contributed by atoms with E-state index >= 15 is 0 Å². The molecular formula is C33H42F3N5O2. The van der Waals surface area contributed by atoms with Crippen LogP contribution in [0.25, 0.3) is 11.4 Å². The third kappa shape index (κ3) is 7.29. The average Bonchev–Trinajstić information content (AvgIpc) is 2.93. The van der Waals surface area contributed by atoms with E-state index in [4.69, 9.17) is 19.9 Å². The highest BCUT2D eigenvalue weighted by Crippen LogP contribution is 2.36. The van der Waals surface area contributed by atoms with Crippen LogP contribution in [0.3, 0.4) is 0 Å². The number of hydrogen-bond acceptors (Lipinski definition) is 6. The van der Waals surface area contributed by atoms with E-state index in [1.54, 1.807) is 0 Å². The van der Waals surface area contributed by atoms with Crippen molar-refractivity contribution >= 4 is 17.5 Å². The van der Waals surface area contributed by atoms with Gasteiger partial charge in [-0.1, -0.05) is 44.2 Å². The van der Waals surface area contributed by atoms with Crippen molar-refractivity contribution in [2.45, 2.75) is 85.6 Å². The second kappa shape index (κ2) is 12.9. The molecule has 2 atom stereocenters. The minimum Gasteiger partial charge on any atom is -0.475 e. The summed E-state index contributed by atoms with van der Waals surface area (Å²) in [6.45, 7) is 19.5. The summed E-state index contributed by atoms with van der Waals surface area (Å²) < 4.78 is 31.7. The lowest BCUT2D eigenvalue weighted by Gasteiger charge is -2.41. The molecule has 0 saturated carbocycles. The van der Waals surface area contributed by atoms with Crippen LogP contribution in [0.2, 0.25) is 0 Å². The summed E-state index contributed by atoms with van der Waals surface area (Å²) >= 11 is 0. The van der Waals surface area contributed by atoms with Crippen LogP contribution >= 0.6 is 0 Å². The fourth-order valence-corrected chi connectivity index (χ4v) is 5.76. The van der Waals surface area contributed by atoms with E-state index in [9.17, 15) is 13.2 Å². The number of aromatic nitrogens is 2. The Hall–Kier alpha value is -3.66. The van der Waals surface area contributed by atoms with Crippen molar-refractivity contribution in [3.8, 4) is 11.4 Å². The van der Waals surface area contributed by atoms with Crippen LogP contribution in [-0.2, 0) is 17.8 Å². The van der Waals surface area contributed by atoms with E-state index in [2.05, 4.69) is 100.0 Å². The first-order valence-corrected chi connectivity index (χ1v) is 14.8. The van der Waals surface area contributed by atoms with E-state index in [0.717, 1.165) is 44.2 Å². The van der Waals surface area contributed by atoms with Gasteiger partial charge in [-0.15, -0.1) is 0 Å². The highest BCUT2D eigenvalue weighted by molar-refractivity contribution is 5.73. The van der Waals surface area contributed by atoms with E-state index in [1.807, 2.05) is 0 Å². The van der Waals surface area contributed by atoms with Crippen LogP contribution in [0.1, 0.15) is 67.1 Å². The SMILES string of the molecule is Cc1ccc(C(C)C)cc1N1CCc2nc(-c3c(C)cccc3C)nc(N3C[C@@H](C)NC[C@@H]3C)c2C1.O=C(O)C(F)(F)F. The maximum Gasteiger partial charge on any atom is 0.490 e. The lowest BCUT2D eigenvalue weighted by molar-refractivity contribution is -0.192. The molecule has 0 aliphatic carbocycles. The number of nitrogens with one attached hydrogen (secondary N) is 1. The predicted molar refractivity (Wildman–Crippen MR) is 165 cm³/mol. The molecule has 1 aromatic heterocycles. The van der Waals surface area contributed by atoms with Crippen LogP contribution in [0.5, 0.6) is 0 Å². The number of aryl methyl sites for hydroxylation is 3. The third-order valence-corrected chi connectivity index (χ3v) is 8.26. The van der Waals surface area contributed by atoms with Gasteiger partial charge in [0.1, 0.15) is 5.82 Å². The molecule has 0 amide bonds. The Bertz CT molecular complexity index is 1450. The number of benzene rings is 2. The molecule has 1 saturated heterocycles. The number of fused-ring (bicyclic) bond motifs is 1. The van der Waals surface area contributed by atoms with E-state index < -0.39 is 12.1 Å². The van der Waals surface area contributed by atoms with Crippen LogP contribution in [0, 0.1) is 20.8 Å². The first-order chi connectivity index (χ1) is 20.2. The van der Waals surface area contributed by atoms with Gasteiger partial charge in [0.2, 0.25) is 0 Å². The molecule has 232 valence electrons. The average molecular weight is 598 g/mol. The zero-order chi connectivity index (χ0) is 31.6. The van der Waals surface area contributed by atoms with Crippen LogP contribution in [-0.4, -0.2) is 58.9 Å². The Kier molecular flexibility index (Phi) is 9.69. The molecule has 7 nitrogen and oxygen atoms in total. The summed E-state index contributed by atoms with van der Waals surface area (Å²) in [5, 5.41) is 10.8. The summed E-state index contributed by atoms with van der Waals surface area (Å²) in [7, 11) is 0. The van der Waals surface area contributed by atoms with Crippen LogP contribution in [0.15, 0.2) is 36.4 Å². The molecule has 43 heavy (non-hydrogen) atoms. The Balaban J connectivity index is 0.000000541. The number of rotatable bonds is 4. The maximum absolute atomic E-state index is 10.6. The molecule has 1 fully saturated rings. The second-order valence-corrected chi connectivity index (χ2v) is 12.0. The minimum absolute atomic E-state index is 0.382. The number of carbonyl (C=O) groups is 1. The molecule has 0 unspecified atom stereocenters. The van der Waals surface area contributed by atoms with Crippen LogP contribution < -0.4 is 15.1 Å². The fraction of sp³-hybridized carbons (Fsp3) is 0.485. The van der Waals surface area contributed by atoms with Gasteiger partial charge >= 0.3 is 12.1 Å². The van der Waals surface area contributed by atoms with Crippen LogP contribution in [0.4, 0.5) is 24.7 Å². The smallest absolute Gasteiger partial charge is 0.475 e. The predicted octanol–water partition coefficient (Wildman–Crippen LogP) is 6.57. The van der Waals surface area contributed by atoms with Gasteiger partial charge in [-0.2, -0.15) is 13.2 Å². The molecule has 3 aromatic rings. The minimum atomic E-state index is -5.08. The number of halogens is 3. The van der Waals surface area contributed by atoms with Gasteiger partial charge in [-0.05, 0) is 68.9 Å². The first-order valence-electron chi connectivity index (χ1n) is 14.8. The lowest BCUT2D eigenvalue weighted by Crippen LogP contribution is -2.55. The van der Waals surface area contributed by atoms with E-state index in [1.165, 1.54) is 44.8 Å². The van der Waals surface area contributed by atoms with Gasteiger partial charge in [0, 0.05) is 61.5 Å². The molecule has 0 radical (unpaired) electrons. The molecule has 5 rings (SSSR count). The van der Waals surface area contributed by atoms with Crippen molar-refractivity contribution in [1.29, 1.82) is 0 Å². The molecule has 10 heteroatoms. The third-order valence-electron chi connectivity index (χ3n) is 8.26. The molecule has 0 bridgehead atoms. The van der Waals surface area contributed by atoms with Gasteiger partial charge in [0.15, 0.2) is 5.82 Å². The number of aliphatic carboxylic acids is 1. The van der Waals surface area contributed by atoms with Gasteiger partial charge in [0.05, 0.1) is 5.69 Å². The summed E-state index contributed by atoms with van der Waals surface area (Å²) in [6, 6.07) is 14.2.